The van der Waals surface area contributed by atoms with Crippen molar-refractivity contribution in [2.24, 2.45) is 5.92 Å². The van der Waals surface area contributed by atoms with Crippen LogP contribution in [-0.2, 0) is 14.6 Å². The van der Waals surface area contributed by atoms with E-state index in [1.807, 2.05) is 12.1 Å². The summed E-state index contributed by atoms with van der Waals surface area (Å²) in [7, 11) is -3.22. The first-order valence-electron chi connectivity index (χ1n) is 9.36. The summed E-state index contributed by atoms with van der Waals surface area (Å²) in [5, 5.41) is 2.87. The number of benzene rings is 1. The molecule has 28 heavy (non-hydrogen) atoms. The minimum atomic E-state index is -3.22. The maximum Gasteiger partial charge on any atom is 0.228 e. The molecule has 1 aromatic carbocycles. The summed E-state index contributed by atoms with van der Waals surface area (Å²) in [6, 6.07) is 12.2. The zero-order chi connectivity index (χ0) is 20.0. The number of carbonyl (C=O) groups excluding carboxylic acids is 1. The van der Waals surface area contributed by atoms with Gasteiger partial charge in [-0.2, -0.15) is 0 Å². The van der Waals surface area contributed by atoms with Crippen molar-refractivity contribution in [2.45, 2.75) is 24.2 Å². The van der Waals surface area contributed by atoms with Gasteiger partial charge >= 0.3 is 0 Å². The third kappa shape index (κ3) is 5.86. The van der Waals surface area contributed by atoms with Gasteiger partial charge in [0.1, 0.15) is 5.82 Å². The first kappa shape index (κ1) is 21.0. The van der Waals surface area contributed by atoms with Crippen LogP contribution in [0.3, 0.4) is 0 Å². The number of piperidine rings is 1. The number of sulfone groups is 1. The van der Waals surface area contributed by atoms with E-state index in [0.717, 1.165) is 36.9 Å². The van der Waals surface area contributed by atoms with Gasteiger partial charge in [0, 0.05) is 16.6 Å². The molecule has 0 radical (unpaired) electrons. The van der Waals surface area contributed by atoms with Crippen LogP contribution in [0.4, 0.5) is 5.82 Å². The molecule has 0 spiro atoms. The molecule has 3 rings (SSSR count). The van der Waals surface area contributed by atoms with Crippen LogP contribution in [0.5, 0.6) is 0 Å². The molecule has 2 aromatic rings. The van der Waals surface area contributed by atoms with Gasteiger partial charge in [-0.15, -0.1) is 0 Å². The standard InChI is InChI=1S/C20H24BrN3O3S/c21-17-7-8-19(22-15-17)23-20(25)16-9-12-24(13-10-16)11-4-14-28(26,27)18-5-2-1-3-6-18/h1-3,5-8,15-16H,4,9-14H2,(H,22,23,25). The van der Waals surface area contributed by atoms with Crippen LogP contribution < -0.4 is 5.32 Å². The molecule has 1 aliphatic heterocycles. The van der Waals surface area contributed by atoms with E-state index in [2.05, 4.69) is 31.1 Å². The Morgan fingerprint density at radius 2 is 1.86 bits per heavy atom. The van der Waals surface area contributed by atoms with E-state index in [0.29, 0.717) is 17.1 Å². The van der Waals surface area contributed by atoms with Gasteiger partial charge in [0.25, 0.3) is 0 Å². The molecular formula is C20H24BrN3O3S. The summed E-state index contributed by atoms with van der Waals surface area (Å²) in [6.07, 6.45) is 3.79. The van der Waals surface area contributed by atoms with Crippen LogP contribution in [0.2, 0.25) is 0 Å². The largest absolute Gasteiger partial charge is 0.310 e. The second-order valence-electron chi connectivity index (χ2n) is 6.95. The molecule has 0 atom stereocenters. The van der Waals surface area contributed by atoms with Crippen molar-refractivity contribution in [1.82, 2.24) is 9.88 Å². The summed E-state index contributed by atoms with van der Waals surface area (Å²) in [4.78, 5) is 19.2. The van der Waals surface area contributed by atoms with Crippen molar-refractivity contribution in [1.29, 1.82) is 0 Å². The van der Waals surface area contributed by atoms with Crippen molar-refractivity contribution in [2.75, 3.05) is 30.7 Å². The molecule has 1 aromatic heterocycles. The summed E-state index contributed by atoms with van der Waals surface area (Å²) in [6.45, 7) is 2.34. The molecular weight excluding hydrogens is 442 g/mol. The monoisotopic (exact) mass is 465 g/mol. The smallest absolute Gasteiger partial charge is 0.228 e. The zero-order valence-corrected chi connectivity index (χ0v) is 18.0. The van der Waals surface area contributed by atoms with Gasteiger partial charge < -0.3 is 10.2 Å². The lowest BCUT2D eigenvalue weighted by Crippen LogP contribution is -2.39. The number of hydrogen-bond donors (Lipinski definition) is 1. The third-order valence-corrected chi connectivity index (χ3v) is 7.21. The van der Waals surface area contributed by atoms with Crippen molar-refractivity contribution in [3.05, 3.63) is 53.1 Å². The van der Waals surface area contributed by atoms with Crippen LogP contribution in [0.1, 0.15) is 19.3 Å². The first-order valence-corrected chi connectivity index (χ1v) is 11.8. The maximum absolute atomic E-state index is 12.4. The lowest BCUT2D eigenvalue weighted by Gasteiger charge is -2.31. The number of halogens is 1. The first-order chi connectivity index (χ1) is 13.4. The summed E-state index contributed by atoms with van der Waals surface area (Å²) in [5.41, 5.74) is 0. The fourth-order valence-corrected chi connectivity index (χ4v) is 4.87. The maximum atomic E-state index is 12.4. The average Bonchev–Trinajstić information content (AvgIpc) is 2.71. The van der Waals surface area contributed by atoms with Gasteiger partial charge in [0.15, 0.2) is 9.84 Å². The summed E-state index contributed by atoms with van der Waals surface area (Å²) < 4.78 is 25.5. The number of aromatic nitrogens is 1. The number of pyridine rings is 1. The van der Waals surface area contributed by atoms with E-state index in [-0.39, 0.29) is 17.6 Å². The Bertz CT molecular complexity index is 881. The molecule has 8 heteroatoms. The fraction of sp³-hybridized carbons (Fsp3) is 0.400. The van der Waals surface area contributed by atoms with Gasteiger partial charge in [0.2, 0.25) is 5.91 Å². The molecule has 0 bridgehead atoms. The minimum Gasteiger partial charge on any atom is -0.310 e. The molecule has 0 saturated carbocycles. The van der Waals surface area contributed by atoms with E-state index in [9.17, 15) is 13.2 Å². The van der Waals surface area contributed by atoms with Gasteiger partial charge in [-0.25, -0.2) is 13.4 Å². The molecule has 6 nitrogen and oxygen atoms in total. The molecule has 1 saturated heterocycles. The molecule has 1 aliphatic rings. The third-order valence-electron chi connectivity index (χ3n) is 4.93. The van der Waals surface area contributed by atoms with Gasteiger partial charge in [-0.05, 0) is 79.1 Å². The minimum absolute atomic E-state index is 0.00104. The van der Waals surface area contributed by atoms with Crippen molar-refractivity contribution in [3.8, 4) is 0 Å². The Kier molecular flexibility index (Phi) is 7.20. The molecule has 1 N–H and O–H groups in total. The van der Waals surface area contributed by atoms with Crippen molar-refractivity contribution < 1.29 is 13.2 Å². The number of likely N-dealkylation sites (tertiary alicyclic amines) is 1. The van der Waals surface area contributed by atoms with Crippen LogP contribution in [0, 0.1) is 5.92 Å². The lowest BCUT2D eigenvalue weighted by atomic mass is 9.96. The highest BCUT2D eigenvalue weighted by molar-refractivity contribution is 9.10. The van der Waals surface area contributed by atoms with Crippen molar-refractivity contribution >= 4 is 37.5 Å². The quantitative estimate of drug-likeness (QED) is 0.677. The average molecular weight is 466 g/mol. The van der Waals surface area contributed by atoms with Gasteiger partial charge in [0.05, 0.1) is 10.6 Å². The number of nitrogens with one attached hydrogen (secondary N) is 1. The highest BCUT2D eigenvalue weighted by atomic mass is 79.9. The van der Waals surface area contributed by atoms with Gasteiger partial charge in [-0.3, -0.25) is 4.79 Å². The molecule has 2 heterocycles. The summed E-state index contributed by atoms with van der Waals surface area (Å²) >= 11 is 3.32. The summed E-state index contributed by atoms with van der Waals surface area (Å²) in [5.74, 6) is 0.671. The predicted octanol–water partition coefficient (Wildman–Crippen LogP) is 3.36. The van der Waals surface area contributed by atoms with Crippen molar-refractivity contribution in [3.63, 3.8) is 0 Å². The highest BCUT2D eigenvalue weighted by Gasteiger charge is 2.25. The van der Waals surface area contributed by atoms with Crippen LogP contribution in [-0.4, -0.2) is 49.6 Å². The SMILES string of the molecule is O=C(Nc1ccc(Br)cn1)C1CCN(CCCS(=O)(=O)c2ccccc2)CC1. The molecule has 0 unspecified atom stereocenters. The second kappa shape index (κ2) is 9.62. The van der Waals surface area contributed by atoms with E-state index in [4.69, 9.17) is 0 Å². The van der Waals surface area contributed by atoms with E-state index >= 15 is 0 Å². The number of amides is 1. The van der Waals surface area contributed by atoms with Crippen LogP contribution >= 0.6 is 15.9 Å². The molecule has 1 fully saturated rings. The Morgan fingerprint density at radius 1 is 1.14 bits per heavy atom. The van der Waals surface area contributed by atoms with Crippen LogP contribution in [0.15, 0.2) is 58.0 Å². The van der Waals surface area contributed by atoms with Gasteiger partial charge in [-0.1, -0.05) is 18.2 Å². The number of rotatable bonds is 7. The number of nitrogens with zero attached hydrogens (tertiary/aromatic N) is 2. The normalized spacial score (nSPS) is 16.0. The lowest BCUT2D eigenvalue weighted by molar-refractivity contribution is -0.121. The van der Waals surface area contributed by atoms with E-state index in [1.165, 1.54) is 0 Å². The number of carbonyl (C=O) groups is 1. The van der Waals surface area contributed by atoms with Crippen LogP contribution in [0.25, 0.3) is 0 Å². The Morgan fingerprint density at radius 3 is 2.50 bits per heavy atom. The zero-order valence-electron chi connectivity index (χ0n) is 15.6. The Labute approximate surface area is 174 Å². The second-order valence-corrected chi connectivity index (χ2v) is 9.98. The molecule has 0 aliphatic carbocycles. The highest BCUT2D eigenvalue weighted by Crippen LogP contribution is 2.20. The number of anilines is 1. The van der Waals surface area contributed by atoms with E-state index in [1.54, 1.807) is 36.5 Å². The Hall–Kier alpha value is -1.77. The fourth-order valence-electron chi connectivity index (χ4n) is 3.32. The number of hydrogen-bond acceptors (Lipinski definition) is 5. The molecule has 1 amide bonds. The van der Waals surface area contributed by atoms with E-state index < -0.39 is 9.84 Å². The predicted molar refractivity (Wildman–Crippen MR) is 113 cm³/mol. The Balaban J connectivity index is 1.40. The topological polar surface area (TPSA) is 79.4 Å². The molecule has 150 valence electrons.